The lowest BCUT2D eigenvalue weighted by Gasteiger charge is -2.12. The second-order valence-electron chi connectivity index (χ2n) is 4.71. The van der Waals surface area contributed by atoms with Crippen molar-refractivity contribution in [1.82, 2.24) is 0 Å². The van der Waals surface area contributed by atoms with E-state index in [1.165, 1.54) is 40.6 Å². The van der Waals surface area contributed by atoms with E-state index < -0.39 is 0 Å². The second kappa shape index (κ2) is 7.38. The topological polar surface area (TPSA) is 77.4 Å². The first kappa shape index (κ1) is 17.2. The number of phenols is 2. The van der Waals surface area contributed by atoms with Gasteiger partial charge in [0.1, 0.15) is 0 Å². The largest absolute Gasteiger partial charge is 0.504 e. The molecule has 126 valence electrons. The summed E-state index contributed by atoms with van der Waals surface area (Å²) in [5.41, 5.74) is 1.12. The first-order valence-electron chi connectivity index (χ1n) is 6.96. The zero-order chi connectivity index (χ0) is 17.7. The molecule has 0 aliphatic heterocycles. The summed E-state index contributed by atoms with van der Waals surface area (Å²) in [6.45, 7) is 0. The van der Waals surface area contributed by atoms with Crippen LogP contribution in [-0.2, 0) is 0 Å². The molecule has 6 nitrogen and oxygen atoms in total. The number of methoxy groups -OCH3 is 4. The van der Waals surface area contributed by atoms with Crippen LogP contribution in [0.5, 0.6) is 34.5 Å². The zero-order valence-electron chi connectivity index (χ0n) is 13.8. The molecule has 0 aliphatic rings. The van der Waals surface area contributed by atoms with Crippen LogP contribution in [0.4, 0.5) is 0 Å². The fourth-order valence-electron chi connectivity index (χ4n) is 2.12. The molecule has 0 saturated heterocycles. The van der Waals surface area contributed by atoms with Crippen LogP contribution in [-0.4, -0.2) is 38.7 Å². The van der Waals surface area contributed by atoms with Crippen molar-refractivity contribution in [2.24, 2.45) is 0 Å². The van der Waals surface area contributed by atoms with Gasteiger partial charge in [0.15, 0.2) is 23.0 Å². The Labute approximate surface area is 140 Å². The third-order valence-electron chi connectivity index (χ3n) is 3.29. The molecule has 0 spiro atoms. The van der Waals surface area contributed by atoms with Crippen molar-refractivity contribution in [2.45, 2.75) is 0 Å². The van der Waals surface area contributed by atoms with Crippen LogP contribution in [0.3, 0.4) is 0 Å². The fraction of sp³-hybridized carbons (Fsp3) is 0.222. The normalized spacial score (nSPS) is 9.67. The summed E-state index contributed by atoms with van der Waals surface area (Å²) in [6, 6.07) is 6.31. The number of ether oxygens (including phenoxy) is 4. The monoisotopic (exact) mass is 330 g/mol. The maximum Gasteiger partial charge on any atom is 0.203 e. The molecule has 0 saturated carbocycles. The molecule has 6 heteroatoms. The van der Waals surface area contributed by atoms with Gasteiger partial charge in [-0.3, -0.25) is 0 Å². The van der Waals surface area contributed by atoms with Crippen molar-refractivity contribution in [2.75, 3.05) is 28.4 Å². The second-order valence-corrected chi connectivity index (χ2v) is 4.71. The molecule has 0 aromatic heterocycles. The molecule has 0 radical (unpaired) electrons. The molecule has 2 aromatic carbocycles. The van der Waals surface area contributed by atoms with E-state index in [0.717, 1.165) is 0 Å². The minimum atomic E-state index is -0.323. The third-order valence-corrected chi connectivity index (χ3v) is 3.29. The Morgan fingerprint density at radius 2 is 1.12 bits per heavy atom. The fourth-order valence-corrected chi connectivity index (χ4v) is 2.12. The first-order valence-corrected chi connectivity index (χ1v) is 6.96. The van der Waals surface area contributed by atoms with E-state index in [2.05, 4.69) is 11.8 Å². The number of aromatic hydroxyl groups is 2. The highest BCUT2D eigenvalue weighted by Gasteiger charge is 2.12. The number of rotatable bonds is 4. The molecule has 0 unspecified atom stereocenters. The van der Waals surface area contributed by atoms with Gasteiger partial charge in [0.05, 0.1) is 28.4 Å². The number of hydrogen-bond donors (Lipinski definition) is 2. The lowest BCUT2D eigenvalue weighted by molar-refractivity contribution is 0.324. The molecule has 2 aromatic rings. The average Bonchev–Trinajstić information content (AvgIpc) is 2.61. The molecule has 24 heavy (non-hydrogen) atoms. The molecule has 2 N–H and O–H groups in total. The van der Waals surface area contributed by atoms with E-state index in [4.69, 9.17) is 18.9 Å². The van der Waals surface area contributed by atoms with Crippen LogP contribution in [0.25, 0.3) is 0 Å². The van der Waals surface area contributed by atoms with Crippen molar-refractivity contribution < 1.29 is 29.2 Å². The number of hydrogen-bond acceptors (Lipinski definition) is 6. The Balaban J connectivity index is 2.46. The van der Waals surface area contributed by atoms with Crippen molar-refractivity contribution in [3.05, 3.63) is 35.4 Å². The Morgan fingerprint density at radius 3 is 1.58 bits per heavy atom. The van der Waals surface area contributed by atoms with Crippen molar-refractivity contribution in [3.8, 4) is 46.3 Å². The van der Waals surface area contributed by atoms with Gasteiger partial charge in [-0.1, -0.05) is 11.8 Å². The smallest absolute Gasteiger partial charge is 0.203 e. The van der Waals surface area contributed by atoms with Gasteiger partial charge >= 0.3 is 0 Å². The maximum absolute atomic E-state index is 9.69. The van der Waals surface area contributed by atoms with Crippen molar-refractivity contribution >= 4 is 0 Å². The van der Waals surface area contributed by atoms with Crippen molar-refractivity contribution in [3.63, 3.8) is 0 Å². The van der Waals surface area contributed by atoms with Gasteiger partial charge in [-0.15, -0.1) is 0 Å². The molecule has 0 bridgehead atoms. The highest BCUT2D eigenvalue weighted by atomic mass is 16.5. The van der Waals surface area contributed by atoms with E-state index >= 15 is 0 Å². The van der Waals surface area contributed by atoms with Gasteiger partial charge in [0, 0.05) is 11.1 Å². The Kier molecular flexibility index (Phi) is 5.27. The highest BCUT2D eigenvalue weighted by molar-refractivity contribution is 5.60. The summed E-state index contributed by atoms with van der Waals surface area (Å²) in [5.74, 6) is 6.82. The SMILES string of the molecule is COc1cc(C#Cc2cc(OC)c(OC)c(OC)c2)cc(O)c1O. The maximum atomic E-state index is 9.69. The molecular formula is C18H18O6. The summed E-state index contributed by atoms with van der Waals surface area (Å²) in [4.78, 5) is 0. The van der Waals surface area contributed by atoms with Gasteiger partial charge in [0.25, 0.3) is 0 Å². The Bertz CT molecular complexity index is 776. The molecule has 0 heterocycles. The number of phenolic OH excluding ortho intramolecular Hbond substituents is 2. The van der Waals surface area contributed by atoms with E-state index in [1.54, 1.807) is 12.1 Å². The lowest BCUT2D eigenvalue weighted by atomic mass is 10.1. The Morgan fingerprint density at radius 1 is 0.667 bits per heavy atom. The van der Waals surface area contributed by atoms with E-state index in [1.807, 2.05) is 0 Å². The molecule has 0 atom stereocenters. The average molecular weight is 330 g/mol. The third kappa shape index (κ3) is 3.41. The van der Waals surface area contributed by atoms with Gasteiger partial charge < -0.3 is 29.2 Å². The molecule has 0 fully saturated rings. The number of benzene rings is 2. The molecule has 0 amide bonds. The quantitative estimate of drug-likeness (QED) is 0.663. The van der Waals surface area contributed by atoms with Gasteiger partial charge in [-0.05, 0) is 24.3 Å². The van der Waals surface area contributed by atoms with Crippen LogP contribution in [0.2, 0.25) is 0 Å². The van der Waals surface area contributed by atoms with Crippen molar-refractivity contribution in [1.29, 1.82) is 0 Å². The minimum absolute atomic E-state index is 0.143. The molecular weight excluding hydrogens is 312 g/mol. The van der Waals surface area contributed by atoms with Crippen LogP contribution < -0.4 is 18.9 Å². The molecule has 2 rings (SSSR count). The Hall–Kier alpha value is -3.20. The van der Waals surface area contributed by atoms with Crippen LogP contribution in [0, 0.1) is 11.8 Å². The zero-order valence-corrected chi connectivity index (χ0v) is 13.8. The minimum Gasteiger partial charge on any atom is -0.504 e. The lowest BCUT2D eigenvalue weighted by Crippen LogP contribution is -1.95. The molecule has 0 aliphatic carbocycles. The summed E-state index contributed by atoms with van der Waals surface area (Å²) in [7, 11) is 5.97. The van der Waals surface area contributed by atoms with E-state index in [-0.39, 0.29) is 17.2 Å². The summed E-state index contributed by atoms with van der Waals surface area (Å²) in [5, 5.41) is 19.3. The highest BCUT2D eigenvalue weighted by Crippen LogP contribution is 2.38. The van der Waals surface area contributed by atoms with Gasteiger partial charge in [-0.25, -0.2) is 0 Å². The van der Waals surface area contributed by atoms with Crippen LogP contribution in [0.1, 0.15) is 11.1 Å². The van der Waals surface area contributed by atoms with E-state index in [0.29, 0.717) is 28.4 Å². The predicted octanol–water partition coefficient (Wildman–Crippen LogP) is 2.53. The summed E-state index contributed by atoms with van der Waals surface area (Å²) < 4.78 is 20.8. The summed E-state index contributed by atoms with van der Waals surface area (Å²) >= 11 is 0. The first-order chi connectivity index (χ1) is 11.5. The predicted molar refractivity (Wildman–Crippen MR) is 88.4 cm³/mol. The van der Waals surface area contributed by atoms with Crippen LogP contribution in [0.15, 0.2) is 24.3 Å². The van der Waals surface area contributed by atoms with Crippen LogP contribution >= 0.6 is 0 Å². The standard InChI is InChI=1S/C18H18O6/c1-21-14-8-11(7-13(19)17(14)20)5-6-12-9-15(22-2)18(24-4)16(10-12)23-3/h7-10,19-20H,1-4H3. The van der Waals surface area contributed by atoms with Gasteiger partial charge in [-0.2, -0.15) is 0 Å². The summed E-state index contributed by atoms with van der Waals surface area (Å²) in [6.07, 6.45) is 0. The van der Waals surface area contributed by atoms with E-state index in [9.17, 15) is 10.2 Å². The van der Waals surface area contributed by atoms with Gasteiger partial charge in [0.2, 0.25) is 11.5 Å².